The summed E-state index contributed by atoms with van der Waals surface area (Å²) < 4.78 is 13.5. The predicted molar refractivity (Wildman–Crippen MR) is 123 cm³/mol. The molecule has 0 aliphatic carbocycles. The van der Waals surface area contributed by atoms with Crippen LogP contribution in [0.25, 0.3) is 10.9 Å². The molecule has 1 aliphatic heterocycles. The number of benzene rings is 2. The van der Waals surface area contributed by atoms with Crippen LogP contribution in [0.4, 0.5) is 4.39 Å². The number of fused-ring (bicyclic) bond motifs is 1. The van der Waals surface area contributed by atoms with Gasteiger partial charge in [0.1, 0.15) is 23.8 Å². The first-order chi connectivity index (χ1) is 16.4. The fourth-order valence-electron chi connectivity index (χ4n) is 4.12. The van der Waals surface area contributed by atoms with E-state index in [1.165, 1.54) is 12.1 Å². The van der Waals surface area contributed by atoms with Gasteiger partial charge in [-0.05, 0) is 42.7 Å². The average Bonchev–Trinajstić information content (AvgIpc) is 3.44. The summed E-state index contributed by atoms with van der Waals surface area (Å²) in [5.41, 5.74) is 1.46. The Balaban J connectivity index is 1.50. The highest BCUT2D eigenvalue weighted by atomic mass is 19.1. The minimum Gasteiger partial charge on any atom is -0.356 e. The van der Waals surface area contributed by atoms with Crippen LogP contribution < -0.4 is 16.0 Å². The van der Waals surface area contributed by atoms with Gasteiger partial charge in [-0.25, -0.2) is 4.39 Å². The van der Waals surface area contributed by atoms with Crippen molar-refractivity contribution in [1.82, 2.24) is 20.9 Å². The van der Waals surface area contributed by atoms with Crippen LogP contribution in [-0.2, 0) is 20.8 Å². The molecule has 1 aromatic heterocycles. The van der Waals surface area contributed by atoms with Crippen LogP contribution in [0.5, 0.6) is 0 Å². The summed E-state index contributed by atoms with van der Waals surface area (Å²) in [6, 6.07) is 13.0. The summed E-state index contributed by atoms with van der Waals surface area (Å²) in [7, 11) is 0. The summed E-state index contributed by atoms with van der Waals surface area (Å²) in [6.07, 6.45) is 1.60. The summed E-state index contributed by atoms with van der Waals surface area (Å²) in [5.74, 6) is -1.98. The molecule has 8 nitrogen and oxygen atoms in total. The highest BCUT2D eigenvalue weighted by Gasteiger charge is 2.30. The van der Waals surface area contributed by atoms with Crippen molar-refractivity contribution in [1.29, 1.82) is 0 Å². The number of rotatable bonds is 9. The first-order valence-electron chi connectivity index (χ1n) is 11.1. The van der Waals surface area contributed by atoms with Crippen molar-refractivity contribution in [3.63, 3.8) is 0 Å². The molecule has 3 aromatic rings. The zero-order valence-corrected chi connectivity index (χ0v) is 18.3. The van der Waals surface area contributed by atoms with Crippen LogP contribution in [0.3, 0.4) is 0 Å². The fourth-order valence-corrected chi connectivity index (χ4v) is 4.12. The Morgan fingerprint density at radius 3 is 2.62 bits per heavy atom. The topological polar surface area (TPSA) is 120 Å². The van der Waals surface area contributed by atoms with Gasteiger partial charge in [-0.1, -0.05) is 30.3 Å². The second kappa shape index (κ2) is 10.3. The summed E-state index contributed by atoms with van der Waals surface area (Å²) in [5, 5.41) is 8.76. The number of aldehydes is 1. The summed E-state index contributed by atoms with van der Waals surface area (Å²) in [6.45, 7) is 0.546. The first-order valence-corrected chi connectivity index (χ1v) is 11.1. The maximum Gasteiger partial charge on any atom is 0.268 e. The van der Waals surface area contributed by atoms with Crippen molar-refractivity contribution in [3.8, 4) is 0 Å². The molecule has 1 saturated heterocycles. The highest BCUT2D eigenvalue weighted by Crippen LogP contribution is 2.18. The second-order valence-electron chi connectivity index (χ2n) is 8.39. The maximum absolute atomic E-state index is 13.5. The summed E-state index contributed by atoms with van der Waals surface area (Å²) in [4.78, 5) is 52.4. The van der Waals surface area contributed by atoms with Gasteiger partial charge < -0.3 is 25.7 Å². The molecule has 4 rings (SSSR count). The van der Waals surface area contributed by atoms with Gasteiger partial charge in [-0.2, -0.15) is 0 Å². The Bertz CT molecular complexity index is 1210. The van der Waals surface area contributed by atoms with E-state index < -0.39 is 29.7 Å². The molecule has 0 radical (unpaired) electrons. The molecule has 176 valence electrons. The molecule has 1 fully saturated rings. The van der Waals surface area contributed by atoms with E-state index >= 15 is 0 Å². The van der Waals surface area contributed by atoms with E-state index in [0.29, 0.717) is 30.2 Å². The molecule has 0 spiro atoms. The zero-order valence-electron chi connectivity index (χ0n) is 18.3. The normalized spacial score (nSPS) is 17.1. The minimum atomic E-state index is -0.974. The summed E-state index contributed by atoms with van der Waals surface area (Å²) >= 11 is 0. The molecular formula is C25H25FN4O4. The second-order valence-corrected chi connectivity index (χ2v) is 8.39. The Labute approximate surface area is 195 Å². The molecule has 4 N–H and O–H groups in total. The van der Waals surface area contributed by atoms with Gasteiger partial charge in [0, 0.05) is 29.8 Å². The number of halogens is 1. The van der Waals surface area contributed by atoms with E-state index in [9.17, 15) is 23.6 Å². The van der Waals surface area contributed by atoms with Crippen LogP contribution >= 0.6 is 0 Å². The quantitative estimate of drug-likeness (QED) is 0.361. The Morgan fingerprint density at radius 2 is 1.91 bits per heavy atom. The van der Waals surface area contributed by atoms with E-state index in [-0.39, 0.29) is 30.4 Å². The molecule has 0 saturated carbocycles. The van der Waals surface area contributed by atoms with E-state index in [4.69, 9.17) is 0 Å². The van der Waals surface area contributed by atoms with E-state index in [0.717, 1.165) is 5.56 Å². The van der Waals surface area contributed by atoms with Crippen molar-refractivity contribution in [2.24, 2.45) is 5.92 Å². The third kappa shape index (κ3) is 5.48. The number of amides is 3. The number of H-pyrrole nitrogens is 1. The van der Waals surface area contributed by atoms with Crippen molar-refractivity contribution < 1.29 is 23.6 Å². The number of hydrogen-bond donors (Lipinski definition) is 4. The molecule has 3 amide bonds. The molecule has 2 aromatic carbocycles. The number of nitrogens with one attached hydrogen (secondary N) is 4. The SMILES string of the molecule is O=C[C@H](C[C@@H]1CCNC1=O)NC(=O)[C@H](Cc1ccccc1)NC(=O)c1cc2ccc(F)cc2[nH]1. The molecule has 0 bridgehead atoms. The molecular weight excluding hydrogens is 439 g/mol. The molecule has 3 atom stereocenters. The number of aromatic amines is 1. The zero-order chi connectivity index (χ0) is 24.1. The standard InChI is InChI=1S/C25H25FN4O4/c26-18-7-6-16-12-22(29-20(16)13-18)25(34)30-21(10-15-4-2-1-3-5-15)24(33)28-19(14-31)11-17-8-9-27-23(17)32/h1-7,12-14,17,19,21,29H,8-11H2,(H,27,32)(H,28,33)(H,30,34)/t17-,19-,21-/m0/s1. The van der Waals surface area contributed by atoms with E-state index in [1.54, 1.807) is 12.1 Å². The Hall–Kier alpha value is -4.01. The van der Waals surface area contributed by atoms with Crippen LogP contribution in [0.15, 0.2) is 54.6 Å². The van der Waals surface area contributed by atoms with Crippen molar-refractivity contribution in [2.75, 3.05) is 6.54 Å². The van der Waals surface area contributed by atoms with Gasteiger partial charge in [0.25, 0.3) is 5.91 Å². The number of hydrogen-bond acceptors (Lipinski definition) is 4. The monoisotopic (exact) mass is 464 g/mol. The Morgan fingerprint density at radius 1 is 1.12 bits per heavy atom. The lowest BCUT2D eigenvalue weighted by Crippen LogP contribution is -2.51. The first kappa shape index (κ1) is 23.2. The van der Waals surface area contributed by atoms with Crippen molar-refractivity contribution in [3.05, 3.63) is 71.7 Å². The molecule has 0 unspecified atom stereocenters. The van der Waals surface area contributed by atoms with Crippen molar-refractivity contribution in [2.45, 2.75) is 31.3 Å². The lowest BCUT2D eigenvalue weighted by molar-refractivity contribution is -0.127. The van der Waals surface area contributed by atoms with Gasteiger partial charge >= 0.3 is 0 Å². The third-order valence-electron chi connectivity index (χ3n) is 5.93. The van der Waals surface area contributed by atoms with E-state index in [1.807, 2.05) is 30.3 Å². The lowest BCUT2D eigenvalue weighted by Gasteiger charge is -2.22. The molecule has 2 heterocycles. The minimum absolute atomic E-state index is 0.134. The van der Waals surface area contributed by atoms with Crippen LogP contribution in [0.2, 0.25) is 0 Å². The van der Waals surface area contributed by atoms with Crippen LogP contribution in [0, 0.1) is 11.7 Å². The van der Waals surface area contributed by atoms with Gasteiger partial charge in [0.15, 0.2) is 0 Å². The number of carbonyl (C=O) groups excluding carboxylic acids is 4. The van der Waals surface area contributed by atoms with Gasteiger partial charge in [0.2, 0.25) is 11.8 Å². The molecule has 9 heteroatoms. The van der Waals surface area contributed by atoms with Gasteiger partial charge in [-0.15, -0.1) is 0 Å². The van der Waals surface area contributed by atoms with Crippen LogP contribution in [-0.4, -0.2) is 47.6 Å². The predicted octanol–water partition coefficient (Wildman–Crippen LogP) is 1.86. The van der Waals surface area contributed by atoms with Crippen LogP contribution in [0.1, 0.15) is 28.9 Å². The van der Waals surface area contributed by atoms with Crippen molar-refractivity contribution >= 4 is 34.9 Å². The fraction of sp³-hybridized carbons (Fsp3) is 0.280. The number of carbonyl (C=O) groups is 4. The molecule has 34 heavy (non-hydrogen) atoms. The largest absolute Gasteiger partial charge is 0.356 e. The lowest BCUT2D eigenvalue weighted by atomic mass is 9.98. The third-order valence-corrected chi connectivity index (χ3v) is 5.93. The molecule has 1 aliphatic rings. The Kier molecular flexibility index (Phi) is 7.01. The average molecular weight is 464 g/mol. The highest BCUT2D eigenvalue weighted by molar-refractivity contribution is 6.00. The van der Waals surface area contributed by atoms with E-state index in [2.05, 4.69) is 20.9 Å². The smallest absolute Gasteiger partial charge is 0.268 e. The maximum atomic E-state index is 13.5. The van der Waals surface area contributed by atoms with Gasteiger partial charge in [-0.3, -0.25) is 14.4 Å². The number of aromatic nitrogens is 1. The van der Waals surface area contributed by atoms with Gasteiger partial charge in [0.05, 0.1) is 6.04 Å².